The van der Waals surface area contributed by atoms with Crippen LogP contribution in [0.3, 0.4) is 0 Å². The highest BCUT2D eigenvalue weighted by atomic mass is 16.5. The van der Waals surface area contributed by atoms with E-state index in [1.54, 1.807) is 18.9 Å². The maximum atomic E-state index is 12.3. The van der Waals surface area contributed by atoms with Gasteiger partial charge >= 0.3 is 6.03 Å². The number of hydrogen-bond acceptors (Lipinski definition) is 5. The number of likely N-dealkylation sites (tertiary alicyclic amines) is 1. The van der Waals surface area contributed by atoms with Gasteiger partial charge in [-0.1, -0.05) is 38.1 Å². The summed E-state index contributed by atoms with van der Waals surface area (Å²) >= 11 is 0. The van der Waals surface area contributed by atoms with Gasteiger partial charge in [0, 0.05) is 36.7 Å². The van der Waals surface area contributed by atoms with E-state index in [9.17, 15) is 10.0 Å². The van der Waals surface area contributed by atoms with E-state index in [-0.39, 0.29) is 18.5 Å². The Kier molecular flexibility index (Phi) is 7.22. The van der Waals surface area contributed by atoms with Crippen LogP contribution in [0, 0.1) is 0 Å². The lowest BCUT2D eigenvalue weighted by Gasteiger charge is -2.32. The number of nitrogens with zero attached hydrogens (tertiary/aromatic N) is 3. The molecular weight excluding hydrogens is 430 g/mol. The molecule has 180 valence electrons. The standard InChI is InChI=1S/C27H33N3O4/c1-5-30(32)27(31)29-16-14-22(15-17-29)26-28-24(20-10-12-23(33-4)13-11-20)25(34-26)21-8-6-19(7-9-21)18(2)3/h6-13,18,22,32H,5,14-17H2,1-4H3. The third-order valence-electron chi connectivity index (χ3n) is 6.48. The molecule has 0 atom stereocenters. The average Bonchev–Trinajstić information content (AvgIpc) is 3.33. The zero-order valence-electron chi connectivity index (χ0n) is 20.3. The summed E-state index contributed by atoms with van der Waals surface area (Å²) in [6.07, 6.45) is 1.47. The highest BCUT2D eigenvalue weighted by Gasteiger charge is 2.30. The van der Waals surface area contributed by atoms with Gasteiger partial charge in [-0.2, -0.15) is 0 Å². The Bertz CT molecular complexity index is 1100. The van der Waals surface area contributed by atoms with Crippen LogP contribution in [0.25, 0.3) is 22.6 Å². The number of hydrogen-bond donors (Lipinski definition) is 1. The van der Waals surface area contributed by atoms with Gasteiger partial charge in [0.15, 0.2) is 11.7 Å². The Morgan fingerprint density at radius 2 is 1.74 bits per heavy atom. The van der Waals surface area contributed by atoms with Gasteiger partial charge in [0.2, 0.25) is 0 Å². The third-order valence-corrected chi connectivity index (χ3v) is 6.48. The van der Waals surface area contributed by atoms with Crippen molar-refractivity contribution in [1.82, 2.24) is 14.9 Å². The second-order valence-corrected chi connectivity index (χ2v) is 8.99. The van der Waals surface area contributed by atoms with Gasteiger partial charge in [0.25, 0.3) is 0 Å². The van der Waals surface area contributed by atoms with Crippen molar-refractivity contribution < 1.29 is 19.2 Å². The molecule has 0 unspecified atom stereocenters. The van der Waals surface area contributed by atoms with Crippen molar-refractivity contribution in [2.24, 2.45) is 0 Å². The van der Waals surface area contributed by atoms with E-state index >= 15 is 0 Å². The van der Waals surface area contributed by atoms with Crippen molar-refractivity contribution in [2.75, 3.05) is 26.7 Å². The van der Waals surface area contributed by atoms with E-state index in [1.165, 1.54) is 5.56 Å². The molecule has 0 saturated carbocycles. The first-order valence-electron chi connectivity index (χ1n) is 11.9. The number of aromatic nitrogens is 1. The fourth-order valence-electron chi connectivity index (χ4n) is 4.29. The fourth-order valence-corrected chi connectivity index (χ4v) is 4.29. The van der Waals surface area contributed by atoms with Gasteiger partial charge < -0.3 is 14.1 Å². The zero-order valence-corrected chi connectivity index (χ0v) is 20.3. The quantitative estimate of drug-likeness (QED) is 0.350. The smallest absolute Gasteiger partial charge is 0.343 e. The molecule has 0 bridgehead atoms. The maximum absolute atomic E-state index is 12.3. The molecule has 1 saturated heterocycles. The topological polar surface area (TPSA) is 79.0 Å². The van der Waals surface area contributed by atoms with Gasteiger partial charge in [0.1, 0.15) is 11.4 Å². The van der Waals surface area contributed by atoms with Crippen molar-refractivity contribution in [1.29, 1.82) is 0 Å². The Balaban J connectivity index is 1.63. The first-order chi connectivity index (χ1) is 16.4. The highest BCUT2D eigenvalue weighted by Crippen LogP contribution is 2.38. The lowest BCUT2D eigenvalue weighted by molar-refractivity contribution is -0.0543. The van der Waals surface area contributed by atoms with E-state index in [2.05, 4.69) is 38.1 Å². The van der Waals surface area contributed by atoms with Crippen LogP contribution < -0.4 is 4.74 Å². The van der Waals surface area contributed by atoms with E-state index in [4.69, 9.17) is 14.1 Å². The predicted octanol–water partition coefficient (Wildman–Crippen LogP) is 6.15. The van der Waals surface area contributed by atoms with Crippen LogP contribution in [0.4, 0.5) is 4.79 Å². The molecule has 34 heavy (non-hydrogen) atoms. The molecule has 1 aliphatic rings. The number of benzene rings is 2. The number of rotatable bonds is 6. The van der Waals surface area contributed by atoms with Crippen molar-refractivity contribution in [3.8, 4) is 28.3 Å². The normalized spacial score (nSPS) is 14.5. The number of urea groups is 1. The highest BCUT2D eigenvalue weighted by molar-refractivity contribution is 5.77. The first kappa shape index (κ1) is 23.8. The van der Waals surface area contributed by atoms with Gasteiger partial charge in [-0.05, 0) is 55.5 Å². The summed E-state index contributed by atoms with van der Waals surface area (Å²) in [5.74, 6) is 2.80. The van der Waals surface area contributed by atoms with Crippen LogP contribution >= 0.6 is 0 Å². The molecule has 1 aromatic heterocycles. The summed E-state index contributed by atoms with van der Waals surface area (Å²) < 4.78 is 11.7. The molecule has 2 aromatic carbocycles. The molecule has 3 aromatic rings. The van der Waals surface area contributed by atoms with Crippen LogP contribution in [0.5, 0.6) is 5.75 Å². The number of piperidine rings is 1. The van der Waals surface area contributed by atoms with Gasteiger partial charge in [-0.3, -0.25) is 5.21 Å². The SMILES string of the molecule is CCN(O)C(=O)N1CCC(c2nc(-c3ccc(OC)cc3)c(-c3ccc(C(C)C)cc3)o2)CC1. The molecule has 1 N–H and O–H groups in total. The number of amides is 2. The number of carbonyl (C=O) groups excluding carboxylic acids is 1. The second kappa shape index (κ2) is 10.3. The number of oxazole rings is 1. The lowest BCUT2D eigenvalue weighted by Crippen LogP contribution is -2.45. The summed E-state index contributed by atoms with van der Waals surface area (Å²) in [7, 11) is 1.65. The number of ether oxygens (including phenoxy) is 1. The van der Waals surface area contributed by atoms with Gasteiger partial charge in [0.05, 0.1) is 7.11 Å². The summed E-state index contributed by atoms with van der Waals surface area (Å²) in [4.78, 5) is 18.9. The van der Waals surface area contributed by atoms with Crippen LogP contribution in [-0.2, 0) is 0 Å². The maximum Gasteiger partial charge on any atom is 0.343 e. The van der Waals surface area contributed by atoms with Crippen molar-refractivity contribution in [2.45, 2.75) is 45.4 Å². The van der Waals surface area contributed by atoms with E-state index in [0.29, 0.717) is 24.9 Å². The molecule has 2 heterocycles. The van der Waals surface area contributed by atoms with Gasteiger partial charge in [-0.25, -0.2) is 14.8 Å². The van der Waals surface area contributed by atoms with Crippen LogP contribution in [0.15, 0.2) is 52.9 Å². The minimum Gasteiger partial charge on any atom is -0.497 e. The molecule has 0 aliphatic carbocycles. The predicted molar refractivity (Wildman–Crippen MR) is 131 cm³/mol. The minimum atomic E-state index is -0.349. The molecule has 0 spiro atoms. The average molecular weight is 464 g/mol. The molecule has 2 amide bonds. The van der Waals surface area contributed by atoms with Gasteiger partial charge in [-0.15, -0.1) is 0 Å². The summed E-state index contributed by atoms with van der Waals surface area (Å²) in [6, 6.07) is 15.9. The van der Waals surface area contributed by atoms with Crippen molar-refractivity contribution in [3.05, 3.63) is 60.0 Å². The zero-order chi connectivity index (χ0) is 24.2. The van der Waals surface area contributed by atoms with Crippen molar-refractivity contribution in [3.63, 3.8) is 0 Å². The fraction of sp³-hybridized carbons (Fsp3) is 0.407. The van der Waals surface area contributed by atoms with Crippen LogP contribution in [0.1, 0.15) is 56.9 Å². The second-order valence-electron chi connectivity index (χ2n) is 8.99. The Morgan fingerprint density at radius 3 is 2.29 bits per heavy atom. The lowest BCUT2D eigenvalue weighted by atomic mass is 9.97. The largest absolute Gasteiger partial charge is 0.497 e. The molecule has 7 nitrogen and oxygen atoms in total. The molecule has 1 fully saturated rings. The van der Waals surface area contributed by atoms with Crippen LogP contribution in [-0.4, -0.2) is 52.9 Å². The molecule has 1 aliphatic heterocycles. The Labute approximate surface area is 200 Å². The Morgan fingerprint density at radius 1 is 1.12 bits per heavy atom. The van der Waals surface area contributed by atoms with E-state index in [0.717, 1.165) is 46.2 Å². The monoisotopic (exact) mass is 463 g/mol. The summed E-state index contributed by atoms with van der Waals surface area (Å²) in [6.45, 7) is 7.48. The van der Waals surface area contributed by atoms with E-state index in [1.807, 2.05) is 24.3 Å². The molecule has 7 heteroatoms. The van der Waals surface area contributed by atoms with Crippen LogP contribution in [0.2, 0.25) is 0 Å². The first-order valence-corrected chi connectivity index (χ1v) is 11.9. The van der Waals surface area contributed by atoms with E-state index < -0.39 is 0 Å². The number of methoxy groups -OCH3 is 1. The number of hydroxylamine groups is 2. The third kappa shape index (κ3) is 4.94. The molecule has 4 rings (SSSR count). The van der Waals surface area contributed by atoms with Crippen molar-refractivity contribution >= 4 is 6.03 Å². The summed E-state index contributed by atoms with van der Waals surface area (Å²) in [5.41, 5.74) is 4.03. The molecule has 0 radical (unpaired) electrons. The molecular formula is C27H33N3O4. The number of carbonyl (C=O) groups is 1. The Hall–Kier alpha value is -3.32. The minimum absolute atomic E-state index is 0.110. The summed E-state index contributed by atoms with van der Waals surface area (Å²) in [5, 5.41) is 10.5.